The topological polar surface area (TPSA) is 34.1 Å². The second kappa shape index (κ2) is 12.5. The van der Waals surface area contributed by atoms with Crippen LogP contribution in [0.15, 0.2) is 47.9 Å². The quantitative estimate of drug-likeness (QED) is 0.290. The van der Waals surface area contributed by atoms with Crippen LogP contribution < -0.4 is 4.74 Å². The van der Waals surface area contributed by atoms with E-state index in [0.29, 0.717) is 19.1 Å². The Morgan fingerprint density at radius 1 is 1.27 bits per heavy atom. The van der Waals surface area contributed by atoms with Crippen molar-refractivity contribution in [2.45, 2.75) is 27.2 Å². The number of rotatable bonds is 9. The lowest BCUT2D eigenvalue weighted by Gasteiger charge is -2.17. The average molecular weight is 304 g/mol. The number of hydrogen-bond donors (Lipinski definition) is 0. The molecule has 122 valence electrons. The Kier molecular flexibility index (Phi) is 11.2. The van der Waals surface area contributed by atoms with Gasteiger partial charge in [0.25, 0.3) is 0 Å². The predicted molar refractivity (Wildman–Crippen MR) is 95.0 cm³/mol. The fraction of sp³-hybridized carbons (Fsp3) is 0.389. The van der Waals surface area contributed by atoms with Gasteiger partial charge in [0.1, 0.15) is 5.75 Å². The maximum atomic E-state index is 5.71. The molecule has 0 heterocycles. The van der Waals surface area contributed by atoms with E-state index >= 15 is 0 Å². The van der Waals surface area contributed by atoms with Crippen molar-refractivity contribution in [2.24, 2.45) is 5.10 Å². The van der Waals surface area contributed by atoms with Crippen LogP contribution in [0.3, 0.4) is 0 Å². The fourth-order valence-electron chi connectivity index (χ4n) is 1.63. The number of nitrogens with zero attached hydrogens (tertiary/aromatic N) is 2. The number of benzene rings is 1. The maximum Gasteiger partial charge on any atom is 0.205 e. The number of hydrogen-bond acceptors (Lipinski definition) is 4. The van der Waals surface area contributed by atoms with Crippen molar-refractivity contribution in [3.05, 3.63) is 48.4 Å². The molecule has 0 saturated heterocycles. The van der Waals surface area contributed by atoms with Gasteiger partial charge >= 0.3 is 0 Å². The summed E-state index contributed by atoms with van der Waals surface area (Å²) in [4.78, 5) is 0. The van der Waals surface area contributed by atoms with Crippen LogP contribution >= 0.6 is 0 Å². The molecule has 0 N–H and O–H groups in total. The second-order valence-electron chi connectivity index (χ2n) is 4.08. The highest BCUT2D eigenvalue weighted by atomic mass is 16.5. The molecule has 22 heavy (non-hydrogen) atoms. The summed E-state index contributed by atoms with van der Waals surface area (Å²) in [6.45, 7) is 14.3. The molecule has 0 bridgehead atoms. The normalized spacial score (nSPS) is 10.1. The number of allylic oxidation sites excluding steroid dienone is 1. The molecule has 4 heteroatoms. The van der Waals surface area contributed by atoms with Gasteiger partial charge in [0.15, 0.2) is 0 Å². The van der Waals surface area contributed by atoms with Gasteiger partial charge in [0, 0.05) is 25.7 Å². The number of hydrazone groups is 1. The van der Waals surface area contributed by atoms with E-state index in [-0.39, 0.29) is 0 Å². The SMILES string of the molecule is C=Cc1ccccc1OCCCO/C(=C/C)N(C)N=C.CC. The Hall–Kier alpha value is -2.23. The van der Waals surface area contributed by atoms with Crippen molar-refractivity contribution in [3.8, 4) is 5.75 Å². The van der Waals surface area contributed by atoms with Gasteiger partial charge in [-0.3, -0.25) is 0 Å². The van der Waals surface area contributed by atoms with E-state index in [1.54, 1.807) is 18.1 Å². The third-order valence-corrected chi connectivity index (χ3v) is 2.71. The van der Waals surface area contributed by atoms with E-state index in [1.807, 2.05) is 51.1 Å². The lowest BCUT2D eigenvalue weighted by molar-refractivity contribution is 0.117. The Morgan fingerprint density at radius 3 is 2.55 bits per heavy atom. The zero-order valence-electron chi connectivity index (χ0n) is 14.2. The number of para-hydroxylation sites is 1. The standard InChI is InChI=1S/C16H22N2O2.C2H6/c1-5-14-10-7-8-11-15(14)19-12-9-13-20-16(6-2)18(4)17-3;1-2/h5-8,10-11H,1,3,9,12-13H2,2,4H3;1-2H3/b16-6+;. The van der Waals surface area contributed by atoms with E-state index in [0.717, 1.165) is 17.7 Å². The van der Waals surface area contributed by atoms with Gasteiger partial charge in [-0.15, -0.1) is 0 Å². The van der Waals surface area contributed by atoms with Crippen molar-refractivity contribution in [1.29, 1.82) is 0 Å². The van der Waals surface area contributed by atoms with Crippen LogP contribution in [0, 0.1) is 0 Å². The molecule has 0 spiro atoms. The zero-order chi connectivity index (χ0) is 16.8. The summed E-state index contributed by atoms with van der Waals surface area (Å²) in [5.41, 5.74) is 0.998. The van der Waals surface area contributed by atoms with Crippen LogP contribution in [0.4, 0.5) is 0 Å². The largest absolute Gasteiger partial charge is 0.493 e. The molecule has 4 nitrogen and oxygen atoms in total. The number of ether oxygens (including phenoxy) is 2. The highest BCUT2D eigenvalue weighted by molar-refractivity contribution is 5.55. The molecule has 0 unspecified atom stereocenters. The summed E-state index contributed by atoms with van der Waals surface area (Å²) in [5.74, 6) is 1.53. The molecular weight excluding hydrogens is 276 g/mol. The van der Waals surface area contributed by atoms with Crippen LogP contribution in [0.1, 0.15) is 32.8 Å². The predicted octanol–water partition coefficient (Wildman–Crippen LogP) is 4.55. The minimum absolute atomic E-state index is 0.565. The second-order valence-corrected chi connectivity index (χ2v) is 4.08. The van der Waals surface area contributed by atoms with Crippen molar-refractivity contribution in [2.75, 3.05) is 20.3 Å². The lowest BCUT2D eigenvalue weighted by Crippen LogP contribution is -2.14. The van der Waals surface area contributed by atoms with Crippen LogP contribution in [0.25, 0.3) is 6.08 Å². The Balaban J connectivity index is 0.00000211. The monoisotopic (exact) mass is 304 g/mol. The minimum atomic E-state index is 0.565. The highest BCUT2D eigenvalue weighted by Gasteiger charge is 2.02. The Bertz CT molecular complexity index is 470. The molecule has 0 atom stereocenters. The third-order valence-electron chi connectivity index (χ3n) is 2.71. The van der Waals surface area contributed by atoms with Crippen LogP contribution in [0.5, 0.6) is 5.75 Å². The van der Waals surface area contributed by atoms with Gasteiger partial charge in [0.05, 0.1) is 13.2 Å². The summed E-state index contributed by atoms with van der Waals surface area (Å²) >= 11 is 0. The zero-order valence-corrected chi connectivity index (χ0v) is 14.2. The van der Waals surface area contributed by atoms with E-state index in [1.165, 1.54) is 0 Å². The van der Waals surface area contributed by atoms with E-state index in [9.17, 15) is 0 Å². The van der Waals surface area contributed by atoms with Gasteiger partial charge < -0.3 is 9.47 Å². The van der Waals surface area contributed by atoms with Crippen molar-refractivity contribution < 1.29 is 9.47 Å². The van der Waals surface area contributed by atoms with Gasteiger partial charge in [-0.25, -0.2) is 5.01 Å². The van der Waals surface area contributed by atoms with E-state index in [4.69, 9.17) is 9.47 Å². The highest BCUT2D eigenvalue weighted by Crippen LogP contribution is 2.18. The van der Waals surface area contributed by atoms with Gasteiger partial charge in [0.2, 0.25) is 5.88 Å². The smallest absolute Gasteiger partial charge is 0.205 e. The molecule has 0 aliphatic rings. The van der Waals surface area contributed by atoms with Crippen LogP contribution in [-0.2, 0) is 4.74 Å². The van der Waals surface area contributed by atoms with Crippen LogP contribution in [-0.4, -0.2) is 32.0 Å². The molecule has 0 saturated carbocycles. The molecule has 1 aromatic rings. The first-order valence-corrected chi connectivity index (χ1v) is 7.56. The molecule has 1 rings (SSSR count). The summed E-state index contributed by atoms with van der Waals surface area (Å²) in [6, 6.07) is 7.82. The fourth-order valence-corrected chi connectivity index (χ4v) is 1.63. The first kappa shape index (κ1) is 19.8. The molecule has 0 fully saturated rings. The van der Waals surface area contributed by atoms with E-state index in [2.05, 4.69) is 18.4 Å². The van der Waals surface area contributed by atoms with Crippen LogP contribution in [0.2, 0.25) is 0 Å². The first-order chi connectivity index (χ1) is 10.7. The summed E-state index contributed by atoms with van der Waals surface area (Å²) < 4.78 is 11.3. The summed E-state index contributed by atoms with van der Waals surface area (Å²) in [7, 11) is 1.79. The van der Waals surface area contributed by atoms with Crippen molar-refractivity contribution in [1.82, 2.24) is 5.01 Å². The molecule has 0 amide bonds. The molecule has 0 aliphatic carbocycles. The molecular formula is C18H28N2O2. The summed E-state index contributed by atoms with van der Waals surface area (Å²) in [6.07, 6.45) is 4.42. The molecule has 0 radical (unpaired) electrons. The minimum Gasteiger partial charge on any atom is -0.493 e. The van der Waals surface area contributed by atoms with Gasteiger partial charge in [-0.05, 0) is 19.1 Å². The van der Waals surface area contributed by atoms with Crippen molar-refractivity contribution in [3.63, 3.8) is 0 Å². The van der Waals surface area contributed by atoms with Crippen molar-refractivity contribution >= 4 is 12.8 Å². The Labute approximate surface area is 134 Å². The lowest BCUT2D eigenvalue weighted by atomic mass is 10.2. The van der Waals surface area contributed by atoms with Gasteiger partial charge in [-0.1, -0.05) is 44.7 Å². The summed E-state index contributed by atoms with van der Waals surface area (Å²) in [5, 5.41) is 5.37. The molecule has 0 aliphatic heterocycles. The Morgan fingerprint density at radius 2 is 1.95 bits per heavy atom. The molecule has 1 aromatic carbocycles. The first-order valence-electron chi connectivity index (χ1n) is 7.56. The molecule has 0 aromatic heterocycles. The maximum absolute atomic E-state index is 5.71. The van der Waals surface area contributed by atoms with Gasteiger partial charge in [-0.2, -0.15) is 5.10 Å². The van der Waals surface area contributed by atoms with E-state index < -0.39 is 0 Å². The third kappa shape index (κ3) is 6.97. The average Bonchev–Trinajstić information content (AvgIpc) is 2.59.